The van der Waals surface area contributed by atoms with Gasteiger partial charge in [-0.15, -0.1) is 0 Å². The Morgan fingerprint density at radius 2 is 2.21 bits per heavy atom. The fraction of sp³-hybridized carbons (Fsp3) is 0.583. The second-order valence-electron chi connectivity index (χ2n) is 5.16. The van der Waals surface area contributed by atoms with Gasteiger partial charge >= 0.3 is 0 Å². The van der Waals surface area contributed by atoms with Crippen molar-refractivity contribution in [3.05, 3.63) is 12.7 Å². The highest BCUT2D eigenvalue weighted by atomic mass is 31.2. The largest absolute Gasteiger partial charge is 0.387 e. The summed E-state index contributed by atoms with van der Waals surface area (Å²) in [5, 5.41) is 10.5. The molecule has 1 aliphatic heterocycles. The fourth-order valence-electron chi connectivity index (χ4n) is 2.66. The van der Waals surface area contributed by atoms with Gasteiger partial charge in [-0.05, 0) is 6.92 Å². The molecule has 132 valence electrons. The molecule has 1 saturated heterocycles. The molecule has 1 unspecified atom stereocenters. The minimum Gasteiger partial charge on any atom is -0.387 e. The van der Waals surface area contributed by atoms with Crippen LogP contribution in [0.4, 0.5) is 5.82 Å². The minimum absolute atomic E-state index is 0.0658. The lowest BCUT2D eigenvalue weighted by Gasteiger charge is -2.21. The van der Waals surface area contributed by atoms with E-state index < -0.39 is 33.1 Å². The summed E-state index contributed by atoms with van der Waals surface area (Å²) >= 11 is 0. The smallest absolute Gasteiger partial charge is 0.250 e. The lowest BCUT2D eigenvalue weighted by Crippen LogP contribution is -2.35. The Morgan fingerprint density at radius 1 is 1.42 bits per heavy atom. The molecular weight excluding hydrogens is 339 g/mol. The van der Waals surface area contributed by atoms with Gasteiger partial charge in [-0.3, -0.25) is 10.1 Å². The number of hydrogen-bond donors (Lipinski definition) is 4. The van der Waals surface area contributed by atoms with E-state index in [4.69, 9.17) is 30.1 Å². The van der Waals surface area contributed by atoms with Gasteiger partial charge in [0.15, 0.2) is 17.7 Å². The molecule has 3 heterocycles. The van der Waals surface area contributed by atoms with Gasteiger partial charge in [0.05, 0.1) is 12.9 Å². The van der Waals surface area contributed by atoms with E-state index >= 15 is 0 Å². The molecule has 0 radical (unpaired) electrons. The highest BCUT2D eigenvalue weighted by molar-refractivity contribution is 7.43. The van der Waals surface area contributed by atoms with Gasteiger partial charge in [0, 0.05) is 6.61 Å². The molecule has 0 aromatic carbocycles. The Kier molecular flexibility index (Phi) is 5.21. The topological polar surface area (TPSA) is 164 Å². The number of anilines is 1. The molecule has 0 bridgehead atoms. The Labute approximate surface area is 138 Å². The molecule has 0 saturated carbocycles. The number of ether oxygens (including phenoxy) is 2. The molecule has 0 amide bonds. The van der Waals surface area contributed by atoms with E-state index in [-0.39, 0.29) is 12.4 Å². The third kappa shape index (κ3) is 3.20. The molecule has 2 aromatic heterocycles. The van der Waals surface area contributed by atoms with Crippen molar-refractivity contribution in [1.82, 2.24) is 19.5 Å². The maximum Gasteiger partial charge on any atom is 0.250 e. The van der Waals surface area contributed by atoms with E-state index in [0.717, 1.165) is 0 Å². The van der Waals surface area contributed by atoms with Crippen molar-refractivity contribution >= 4 is 25.5 Å². The molecule has 11 nitrogen and oxygen atoms in total. The Bertz CT molecular complexity index is 700. The zero-order valence-electron chi connectivity index (χ0n) is 12.9. The van der Waals surface area contributed by atoms with Crippen LogP contribution in [0.3, 0.4) is 0 Å². The molecule has 0 aliphatic carbocycles. The van der Waals surface area contributed by atoms with Crippen LogP contribution in [0.5, 0.6) is 0 Å². The van der Waals surface area contributed by atoms with Crippen LogP contribution in [0, 0.1) is 0 Å². The molecule has 24 heavy (non-hydrogen) atoms. The summed E-state index contributed by atoms with van der Waals surface area (Å²) in [4.78, 5) is 21.3. The normalized spacial score (nSPS) is 28.5. The Balaban J connectivity index is 1.90. The van der Waals surface area contributed by atoms with Gasteiger partial charge < -0.3 is 29.7 Å². The number of aliphatic hydroxyl groups is 1. The third-order valence-electron chi connectivity index (χ3n) is 3.70. The predicted molar refractivity (Wildman–Crippen MR) is 84.3 cm³/mol. The third-order valence-corrected chi connectivity index (χ3v) is 4.12. The number of aromatic nitrogens is 4. The molecule has 1 fully saturated rings. The summed E-state index contributed by atoms with van der Waals surface area (Å²) in [6.45, 7) is 2.12. The predicted octanol–water partition coefficient (Wildman–Crippen LogP) is -0.734. The first-order chi connectivity index (χ1) is 11.5. The monoisotopic (exact) mass is 358 g/mol. The summed E-state index contributed by atoms with van der Waals surface area (Å²) in [5.74, 6) is 0.249. The van der Waals surface area contributed by atoms with Crippen molar-refractivity contribution in [2.24, 2.45) is 5.50 Å². The summed E-state index contributed by atoms with van der Waals surface area (Å²) in [6, 6.07) is 0. The van der Waals surface area contributed by atoms with Crippen LogP contribution in [-0.4, -0.2) is 61.0 Å². The van der Waals surface area contributed by atoms with Crippen molar-refractivity contribution in [3.63, 3.8) is 0 Å². The number of imidazole rings is 1. The zero-order chi connectivity index (χ0) is 17.3. The molecule has 3 rings (SSSR count). The standard InChI is InChI=1S/C12H19N6O5P/c1-2-21-9-8(19)6(3-22-24(14)20)23-12(9)18-5-17-7-10(13)15-4-16-11(7)18/h4-6,8-9,12,19-20H,2-3,14H2,1H3,(H2,13,15,16)/t6-,8-,9-,12-,24?/m1/s1. The maximum atomic E-state index is 10.5. The number of nitrogens with two attached hydrogens (primary N) is 2. The molecule has 12 heteroatoms. The van der Waals surface area contributed by atoms with Crippen molar-refractivity contribution in [2.75, 3.05) is 18.9 Å². The van der Waals surface area contributed by atoms with Crippen molar-refractivity contribution in [2.45, 2.75) is 31.5 Å². The lowest BCUT2D eigenvalue weighted by atomic mass is 10.1. The highest BCUT2D eigenvalue weighted by Gasteiger charge is 2.46. The van der Waals surface area contributed by atoms with Crippen LogP contribution in [-0.2, 0) is 14.0 Å². The van der Waals surface area contributed by atoms with E-state index in [9.17, 15) is 5.11 Å². The van der Waals surface area contributed by atoms with Gasteiger partial charge in [-0.25, -0.2) is 15.0 Å². The van der Waals surface area contributed by atoms with Crippen LogP contribution in [0.15, 0.2) is 12.7 Å². The average Bonchev–Trinajstić information content (AvgIpc) is 3.09. The summed E-state index contributed by atoms with van der Waals surface area (Å²) in [5.41, 5.74) is 11.9. The van der Waals surface area contributed by atoms with Gasteiger partial charge in [0.1, 0.15) is 30.2 Å². The molecule has 2 aromatic rings. The number of rotatable bonds is 6. The SMILES string of the molecule is CCO[C@@H]1[C@H](O)[C@@H](COP(N)O)O[C@H]1n1cnc2c(N)ncnc21. The first-order valence-electron chi connectivity index (χ1n) is 7.27. The van der Waals surface area contributed by atoms with Crippen LogP contribution < -0.4 is 11.2 Å². The zero-order valence-corrected chi connectivity index (χ0v) is 13.8. The van der Waals surface area contributed by atoms with Gasteiger partial charge in [0.2, 0.25) is 8.53 Å². The maximum absolute atomic E-state index is 10.5. The van der Waals surface area contributed by atoms with Gasteiger partial charge in [-0.2, -0.15) is 0 Å². The minimum atomic E-state index is -2.04. The van der Waals surface area contributed by atoms with Gasteiger partial charge in [-0.1, -0.05) is 0 Å². The van der Waals surface area contributed by atoms with Crippen LogP contribution in [0.1, 0.15) is 13.2 Å². The van der Waals surface area contributed by atoms with E-state index in [1.807, 2.05) is 6.92 Å². The van der Waals surface area contributed by atoms with Crippen LogP contribution in [0.25, 0.3) is 11.2 Å². The second-order valence-corrected chi connectivity index (χ2v) is 6.02. The Morgan fingerprint density at radius 3 is 2.92 bits per heavy atom. The molecule has 5 atom stereocenters. The lowest BCUT2D eigenvalue weighted by molar-refractivity contribution is -0.0664. The van der Waals surface area contributed by atoms with E-state index in [1.54, 1.807) is 4.57 Å². The van der Waals surface area contributed by atoms with Crippen molar-refractivity contribution < 1.29 is 24.0 Å². The summed E-state index contributed by atoms with van der Waals surface area (Å²) in [6.07, 6.45) is -0.212. The summed E-state index contributed by atoms with van der Waals surface area (Å²) < 4.78 is 18.1. The van der Waals surface area contributed by atoms with Crippen LogP contribution in [0.2, 0.25) is 0 Å². The number of hydrogen-bond acceptors (Lipinski definition) is 10. The molecular formula is C12H19N6O5P. The highest BCUT2D eigenvalue weighted by Crippen LogP contribution is 2.35. The van der Waals surface area contributed by atoms with Gasteiger partial charge in [0.25, 0.3) is 0 Å². The first kappa shape index (κ1) is 17.4. The van der Waals surface area contributed by atoms with Crippen LogP contribution >= 0.6 is 8.53 Å². The molecule has 0 spiro atoms. The van der Waals surface area contributed by atoms with E-state index in [0.29, 0.717) is 17.8 Å². The number of fused-ring (bicyclic) bond motifs is 1. The molecule has 1 aliphatic rings. The quantitative estimate of drug-likeness (QED) is 0.484. The molecule has 6 N–H and O–H groups in total. The van der Waals surface area contributed by atoms with Crippen molar-refractivity contribution in [3.8, 4) is 0 Å². The fourth-order valence-corrected chi connectivity index (χ4v) is 2.96. The summed E-state index contributed by atoms with van der Waals surface area (Å²) in [7, 11) is -2.04. The van der Waals surface area contributed by atoms with E-state index in [2.05, 4.69) is 15.0 Å². The van der Waals surface area contributed by atoms with Crippen molar-refractivity contribution in [1.29, 1.82) is 0 Å². The second kappa shape index (κ2) is 7.19. The Hall–Kier alpha value is -1.46. The number of nitrogens with zero attached hydrogens (tertiary/aromatic N) is 4. The van der Waals surface area contributed by atoms with E-state index in [1.165, 1.54) is 12.7 Å². The number of nitrogen functional groups attached to an aromatic ring is 1. The first-order valence-corrected chi connectivity index (χ1v) is 8.55. The average molecular weight is 358 g/mol. The number of aliphatic hydroxyl groups excluding tert-OH is 1.